The van der Waals surface area contributed by atoms with Crippen LogP contribution < -0.4 is 0 Å². The van der Waals surface area contributed by atoms with Crippen molar-refractivity contribution in [1.29, 1.82) is 0 Å². The molecule has 0 aliphatic carbocycles. The maximum absolute atomic E-state index is 11.0. The molecule has 17 heavy (non-hydrogen) atoms. The zero-order valence-corrected chi connectivity index (χ0v) is 11.7. The lowest BCUT2D eigenvalue weighted by molar-refractivity contribution is 0.112. The monoisotopic (exact) mass is 306 g/mol. The van der Waals surface area contributed by atoms with Gasteiger partial charge in [-0.2, -0.15) is 0 Å². The molecular formula is C14H11BrOS. The lowest BCUT2D eigenvalue weighted by Gasteiger charge is -2.07. The summed E-state index contributed by atoms with van der Waals surface area (Å²) in [7, 11) is 0. The second kappa shape index (κ2) is 5.52. The number of aldehydes is 1. The van der Waals surface area contributed by atoms with Crippen LogP contribution in [0, 0.1) is 6.92 Å². The van der Waals surface area contributed by atoms with Crippen molar-refractivity contribution in [3.63, 3.8) is 0 Å². The molecule has 0 aliphatic rings. The second-order valence-electron chi connectivity index (χ2n) is 3.67. The van der Waals surface area contributed by atoms with E-state index < -0.39 is 0 Å². The van der Waals surface area contributed by atoms with E-state index in [0.717, 1.165) is 15.7 Å². The average Bonchev–Trinajstić information content (AvgIpc) is 2.34. The zero-order valence-electron chi connectivity index (χ0n) is 9.31. The summed E-state index contributed by atoms with van der Waals surface area (Å²) in [5, 5.41) is 0. The van der Waals surface area contributed by atoms with Gasteiger partial charge in [-0.25, -0.2) is 0 Å². The van der Waals surface area contributed by atoms with E-state index in [2.05, 4.69) is 35.0 Å². The Hall–Kier alpha value is -1.06. The molecule has 3 heteroatoms. The predicted molar refractivity (Wildman–Crippen MR) is 74.8 cm³/mol. The summed E-state index contributed by atoms with van der Waals surface area (Å²) in [6.45, 7) is 2.07. The maximum atomic E-state index is 11.0. The van der Waals surface area contributed by atoms with Crippen LogP contribution in [0.3, 0.4) is 0 Å². The largest absolute Gasteiger partial charge is 0.298 e. The molecule has 0 aliphatic heterocycles. The van der Waals surface area contributed by atoms with Crippen molar-refractivity contribution >= 4 is 34.0 Å². The van der Waals surface area contributed by atoms with E-state index in [1.165, 1.54) is 10.5 Å². The van der Waals surface area contributed by atoms with Gasteiger partial charge >= 0.3 is 0 Å². The minimum Gasteiger partial charge on any atom is -0.298 e. The Bertz CT molecular complexity index is 552. The highest BCUT2D eigenvalue weighted by atomic mass is 79.9. The molecule has 0 aromatic heterocycles. The molecule has 0 atom stereocenters. The molecule has 86 valence electrons. The quantitative estimate of drug-likeness (QED) is 0.763. The molecule has 0 fully saturated rings. The van der Waals surface area contributed by atoms with Crippen LogP contribution in [-0.4, -0.2) is 6.29 Å². The molecule has 0 saturated heterocycles. The number of rotatable bonds is 3. The van der Waals surface area contributed by atoms with Gasteiger partial charge in [0.1, 0.15) is 0 Å². The van der Waals surface area contributed by atoms with Crippen LogP contribution in [0.15, 0.2) is 56.7 Å². The standard InChI is InChI=1S/C14H11BrOS/c1-10-4-2-3-5-13(10)17-14-7-6-12(15)8-11(14)9-16/h2-9H,1H3. The number of halogens is 1. The summed E-state index contributed by atoms with van der Waals surface area (Å²) < 4.78 is 0.925. The van der Waals surface area contributed by atoms with E-state index in [1.54, 1.807) is 11.8 Å². The first-order valence-electron chi connectivity index (χ1n) is 5.19. The summed E-state index contributed by atoms with van der Waals surface area (Å²) >= 11 is 4.99. The van der Waals surface area contributed by atoms with Gasteiger partial charge in [0.15, 0.2) is 6.29 Å². The third kappa shape index (κ3) is 2.99. The minimum absolute atomic E-state index is 0.715. The summed E-state index contributed by atoms with van der Waals surface area (Å²) in [6, 6.07) is 13.9. The Morgan fingerprint density at radius 2 is 1.88 bits per heavy atom. The zero-order chi connectivity index (χ0) is 12.3. The highest BCUT2D eigenvalue weighted by Gasteiger charge is 2.06. The SMILES string of the molecule is Cc1ccccc1Sc1ccc(Br)cc1C=O. The van der Waals surface area contributed by atoms with Crippen LogP contribution in [0.2, 0.25) is 0 Å². The summed E-state index contributed by atoms with van der Waals surface area (Å²) in [5.74, 6) is 0. The number of carbonyl (C=O) groups is 1. The third-order valence-electron chi connectivity index (χ3n) is 2.41. The predicted octanol–water partition coefficient (Wildman–Crippen LogP) is 4.72. The molecule has 0 saturated carbocycles. The van der Waals surface area contributed by atoms with E-state index in [1.807, 2.05) is 30.3 Å². The van der Waals surface area contributed by atoms with Gasteiger partial charge in [-0.05, 0) is 36.8 Å². The first-order chi connectivity index (χ1) is 8.20. The molecule has 0 bridgehead atoms. The Kier molecular flexibility index (Phi) is 4.02. The van der Waals surface area contributed by atoms with Crippen LogP contribution >= 0.6 is 27.7 Å². The first kappa shape index (κ1) is 12.4. The molecule has 2 rings (SSSR count). The fourth-order valence-electron chi connectivity index (χ4n) is 1.49. The highest BCUT2D eigenvalue weighted by Crippen LogP contribution is 2.33. The van der Waals surface area contributed by atoms with E-state index in [-0.39, 0.29) is 0 Å². The smallest absolute Gasteiger partial charge is 0.151 e. The first-order valence-corrected chi connectivity index (χ1v) is 6.80. The third-order valence-corrected chi connectivity index (χ3v) is 4.18. The molecule has 0 unspecified atom stereocenters. The normalized spacial score (nSPS) is 10.2. The fourth-order valence-corrected chi connectivity index (χ4v) is 2.85. The van der Waals surface area contributed by atoms with Crippen molar-refractivity contribution in [2.24, 2.45) is 0 Å². The highest BCUT2D eigenvalue weighted by molar-refractivity contribution is 9.10. The lowest BCUT2D eigenvalue weighted by atomic mass is 10.2. The topological polar surface area (TPSA) is 17.1 Å². The Morgan fingerprint density at radius 1 is 1.12 bits per heavy atom. The van der Waals surface area contributed by atoms with Crippen LogP contribution in [0.4, 0.5) is 0 Å². The maximum Gasteiger partial charge on any atom is 0.151 e. The van der Waals surface area contributed by atoms with Crippen molar-refractivity contribution in [2.45, 2.75) is 16.7 Å². The summed E-state index contributed by atoms with van der Waals surface area (Å²) in [6.07, 6.45) is 0.894. The van der Waals surface area contributed by atoms with Crippen molar-refractivity contribution in [1.82, 2.24) is 0 Å². The fraction of sp³-hybridized carbons (Fsp3) is 0.0714. The van der Waals surface area contributed by atoms with Crippen LogP contribution in [-0.2, 0) is 0 Å². The Balaban J connectivity index is 2.36. The molecule has 2 aromatic rings. The number of benzene rings is 2. The number of hydrogen-bond acceptors (Lipinski definition) is 2. The Labute approximate surface area is 113 Å². The molecule has 1 nitrogen and oxygen atoms in total. The van der Waals surface area contributed by atoms with Gasteiger partial charge in [0, 0.05) is 19.8 Å². The Morgan fingerprint density at radius 3 is 2.59 bits per heavy atom. The van der Waals surface area contributed by atoms with Gasteiger partial charge in [0.25, 0.3) is 0 Å². The van der Waals surface area contributed by atoms with Gasteiger partial charge < -0.3 is 0 Å². The molecule has 0 heterocycles. The van der Waals surface area contributed by atoms with Gasteiger partial charge in [0.05, 0.1) is 0 Å². The van der Waals surface area contributed by atoms with Crippen molar-refractivity contribution in [3.8, 4) is 0 Å². The minimum atomic E-state index is 0.715. The number of hydrogen-bond donors (Lipinski definition) is 0. The molecule has 0 spiro atoms. The second-order valence-corrected chi connectivity index (χ2v) is 5.67. The molecule has 0 radical (unpaired) electrons. The van der Waals surface area contributed by atoms with Gasteiger partial charge in [-0.1, -0.05) is 45.9 Å². The van der Waals surface area contributed by atoms with Crippen LogP contribution in [0.1, 0.15) is 15.9 Å². The molecule has 2 aromatic carbocycles. The number of aryl methyl sites for hydroxylation is 1. The van der Waals surface area contributed by atoms with E-state index in [4.69, 9.17) is 0 Å². The molecule has 0 amide bonds. The number of carbonyl (C=O) groups excluding carboxylic acids is 1. The van der Waals surface area contributed by atoms with Crippen LogP contribution in [0.5, 0.6) is 0 Å². The van der Waals surface area contributed by atoms with Crippen LogP contribution in [0.25, 0.3) is 0 Å². The van der Waals surface area contributed by atoms with Crippen molar-refractivity contribution in [3.05, 3.63) is 58.1 Å². The molecular weight excluding hydrogens is 296 g/mol. The van der Waals surface area contributed by atoms with E-state index >= 15 is 0 Å². The van der Waals surface area contributed by atoms with Gasteiger partial charge in [-0.15, -0.1) is 0 Å². The van der Waals surface area contributed by atoms with Crippen molar-refractivity contribution in [2.75, 3.05) is 0 Å². The molecule has 0 N–H and O–H groups in total. The van der Waals surface area contributed by atoms with Crippen molar-refractivity contribution < 1.29 is 4.79 Å². The summed E-state index contributed by atoms with van der Waals surface area (Å²) in [5.41, 5.74) is 1.94. The van der Waals surface area contributed by atoms with E-state index in [9.17, 15) is 4.79 Å². The summed E-state index contributed by atoms with van der Waals surface area (Å²) in [4.78, 5) is 13.2. The lowest BCUT2D eigenvalue weighted by Crippen LogP contribution is -1.86. The average molecular weight is 307 g/mol. The van der Waals surface area contributed by atoms with Gasteiger partial charge in [0.2, 0.25) is 0 Å². The van der Waals surface area contributed by atoms with E-state index in [0.29, 0.717) is 5.56 Å². The van der Waals surface area contributed by atoms with Gasteiger partial charge in [-0.3, -0.25) is 4.79 Å².